The number of piperidine rings is 1. The minimum Gasteiger partial charge on any atom is -0.356 e. The van der Waals surface area contributed by atoms with Crippen molar-refractivity contribution in [3.63, 3.8) is 0 Å². The Balaban J connectivity index is 0.00000312. The molecule has 0 bridgehead atoms. The maximum atomic E-state index is 13.8. The maximum Gasteiger partial charge on any atom is 0.191 e. The monoisotopic (exact) mass is 526 g/mol. The fraction of sp³-hybridized carbons (Fsp3) is 0.611. The molecule has 7 heteroatoms. The van der Waals surface area contributed by atoms with Crippen LogP contribution < -0.4 is 10.6 Å². The standard InChI is InChI=1S/C18H28BrFN4.HI/c1-13(2)24-10-7-16(8-11-24)23-18(21-3)22-9-6-14-12-15(19)4-5-17(14)20;/h4-5,12-13,16H,6-11H2,1-3H3,(H2,21,22,23);1H. The van der Waals surface area contributed by atoms with Crippen molar-refractivity contribution < 1.29 is 4.39 Å². The maximum absolute atomic E-state index is 13.8. The molecule has 1 fully saturated rings. The average molecular weight is 527 g/mol. The van der Waals surface area contributed by atoms with Crippen LogP contribution in [0.25, 0.3) is 0 Å². The first-order chi connectivity index (χ1) is 11.5. The summed E-state index contributed by atoms with van der Waals surface area (Å²) in [6.45, 7) is 7.38. The third-order valence-corrected chi connectivity index (χ3v) is 5.01. The molecule has 0 aromatic heterocycles. The zero-order valence-electron chi connectivity index (χ0n) is 15.2. The van der Waals surface area contributed by atoms with Gasteiger partial charge in [-0.05, 0) is 56.9 Å². The number of halogens is 3. The fourth-order valence-corrected chi connectivity index (χ4v) is 3.41. The van der Waals surface area contributed by atoms with E-state index >= 15 is 0 Å². The van der Waals surface area contributed by atoms with Gasteiger partial charge < -0.3 is 15.5 Å². The highest BCUT2D eigenvalue weighted by Gasteiger charge is 2.21. The highest BCUT2D eigenvalue weighted by molar-refractivity contribution is 14.0. The lowest BCUT2D eigenvalue weighted by molar-refractivity contribution is 0.167. The smallest absolute Gasteiger partial charge is 0.191 e. The van der Waals surface area contributed by atoms with Crippen molar-refractivity contribution in [2.45, 2.75) is 45.2 Å². The largest absolute Gasteiger partial charge is 0.356 e. The summed E-state index contributed by atoms with van der Waals surface area (Å²) in [6, 6.07) is 6.11. The molecule has 0 aliphatic carbocycles. The summed E-state index contributed by atoms with van der Waals surface area (Å²) in [7, 11) is 1.78. The van der Waals surface area contributed by atoms with E-state index in [4.69, 9.17) is 0 Å². The zero-order chi connectivity index (χ0) is 17.5. The van der Waals surface area contributed by atoms with Gasteiger partial charge in [0, 0.05) is 43.2 Å². The highest BCUT2D eigenvalue weighted by Crippen LogP contribution is 2.16. The summed E-state index contributed by atoms with van der Waals surface area (Å²) in [5.74, 6) is 0.636. The second kappa shape index (κ2) is 11.3. The predicted molar refractivity (Wildman–Crippen MR) is 117 cm³/mol. The molecular weight excluding hydrogens is 498 g/mol. The Hall–Kier alpha value is -0.410. The van der Waals surface area contributed by atoms with Crippen molar-refractivity contribution >= 4 is 45.9 Å². The second-order valence-corrected chi connectivity index (χ2v) is 7.45. The van der Waals surface area contributed by atoms with Crippen LogP contribution in [-0.4, -0.2) is 49.6 Å². The Kier molecular flexibility index (Phi) is 10.3. The van der Waals surface area contributed by atoms with Crippen molar-refractivity contribution in [3.8, 4) is 0 Å². The topological polar surface area (TPSA) is 39.7 Å². The van der Waals surface area contributed by atoms with Gasteiger partial charge in [0.1, 0.15) is 5.82 Å². The lowest BCUT2D eigenvalue weighted by atomic mass is 10.0. The van der Waals surface area contributed by atoms with Crippen LogP contribution in [0.1, 0.15) is 32.3 Å². The molecule has 0 radical (unpaired) electrons. The Bertz CT molecular complexity index is 560. The van der Waals surface area contributed by atoms with E-state index in [-0.39, 0.29) is 29.8 Å². The molecule has 1 aliphatic heterocycles. The van der Waals surface area contributed by atoms with Gasteiger partial charge in [0.15, 0.2) is 5.96 Å². The van der Waals surface area contributed by atoms with Gasteiger partial charge in [-0.2, -0.15) is 0 Å². The van der Waals surface area contributed by atoms with E-state index < -0.39 is 0 Å². The Morgan fingerprint density at radius 3 is 2.64 bits per heavy atom. The third kappa shape index (κ3) is 7.38. The molecule has 1 aromatic carbocycles. The molecule has 142 valence electrons. The van der Waals surface area contributed by atoms with Gasteiger partial charge in [-0.3, -0.25) is 4.99 Å². The van der Waals surface area contributed by atoms with Crippen molar-refractivity contribution in [1.29, 1.82) is 0 Å². The summed E-state index contributed by atoms with van der Waals surface area (Å²) in [4.78, 5) is 6.79. The molecule has 1 saturated heterocycles. The molecule has 0 spiro atoms. The van der Waals surface area contributed by atoms with Crippen molar-refractivity contribution in [2.24, 2.45) is 4.99 Å². The lowest BCUT2D eigenvalue weighted by Crippen LogP contribution is -2.50. The highest BCUT2D eigenvalue weighted by atomic mass is 127. The Labute approximate surface area is 176 Å². The number of hydrogen-bond acceptors (Lipinski definition) is 2. The van der Waals surface area contributed by atoms with Gasteiger partial charge in [0.05, 0.1) is 0 Å². The molecule has 2 rings (SSSR count). The van der Waals surface area contributed by atoms with E-state index in [1.165, 1.54) is 6.07 Å². The molecule has 4 nitrogen and oxygen atoms in total. The van der Waals surface area contributed by atoms with E-state index in [0.717, 1.165) is 36.4 Å². The van der Waals surface area contributed by atoms with E-state index in [9.17, 15) is 4.39 Å². The molecule has 0 atom stereocenters. The SMILES string of the molecule is CN=C(NCCc1cc(Br)ccc1F)NC1CCN(C(C)C)CC1.I. The third-order valence-electron chi connectivity index (χ3n) is 4.52. The molecule has 0 amide bonds. The van der Waals surface area contributed by atoms with Gasteiger partial charge in [-0.15, -0.1) is 24.0 Å². The molecule has 0 unspecified atom stereocenters. The summed E-state index contributed by atoms with van der Waals surface area (Å²) in [5.41, 5.74) is 0.706. The van der Waals surface area contributed by atoms with Crippen molar-refractivity contribution in [2.75, 3.05) is 26.7 Å². The van der Waals surface area contributed by atoms with Gasteiger partial charge in [-0.1, -0.05) is 15.9 Å². The minimum atomic E-state index is -0.163. The summed E-state index contributed by atoms with van der Waals surface area (Å²) >= 11 is 3.38. The van der Waals surface area contributed by atoms with E-state index in [2.05, 4.69) is 50.3 Å². The number of benzene rings is 1. The van der Waals surface area contributed by atoms with E-state index in [0.29, 0.717) is 30.6 Å². The van der Waals surface area contributed by atoms with Crippen LogP contribution >= 0.6 is 39.9 Å². The van der Waals surface area contributed by atoms with Crippen LogP contribution in [-0.2, 0) is 6.42 Å². The van der Waals surface area contributed by atoms with Crippen LogP contribution in [0.4, 0.5) is 4.39 Å². The zero-order valence-corrected chi connectivity index (χ0v) is 19.1. The van der Waals surface area contributed by atoms with Crippen LogP contribution in [0.2, 0.25) is 0 Å². The van der Waals surface area contributed by atoms with Gasteiger partial charge in [0.2, 0.25) is 0 Å². The normalized spacial score (nSPS) is 16.6. The minimum absolute atomic E-state index is 0. The van der Waals surface area contributed by atoms with Crippen molar-refractivity contribution in [3.05, 3.63) is 34.1 Å². The molecule has 25 heavy (non-hydrogen) atoms. The fourth-order valence-electron chi connectivity index (χ4n) is 3.00. The van der Waals surface area contributed by atoms with Crippen LogP contribution in [0, 0.1) is 5.82 Å². The number of nitrogens with one attached hydrogen (secondary N) is 2. The first-order valence-corrected chi connectivity index (χ1v) is 9.44. The number of guanidine groups is 1. The number of nitrogens with zero attached hydrogens (tertiary/aromatic N) is 2. The number of rotatable bonds is 5. The summed E-state index contributed by atoms with van der Waals surface area (Å²) < 4.78 is 14.7. The summed E-state index contributed by atoms with van der Waals surface area (Å²) in [5, 5.41) is 6.78. The molecule has 2 N–H and O–H groups in total. The first kappa shape index (κ1) is 22.6. The second-order valence-electron chi connectivity index (χ2n) is 6.53. The van der Waals surface area contributed by atoms with Crippen LogP contribution in [0.15, 0.2) is 27.7 Å². The van der Waals surface area contributed by atoms with Gasteiger partial charge in [-0.25, -0.2) is 4.39 Å². The lowest BCUT2D eigenvalue weighted by Gasteiger charge is -2.35. The van der Waals surface area contributed by atoms with E-state index in [1.54, 1.807) is 13.1 Å². The number of likely N-dealkylation sites (tertiary alicyclic amines) is 1. The molecule has 0 saturated carbocycles. The van der Waals surface area contributed by atoms with Gasteiger partial charge in [0.25, 0.3) is 0 Å². The van der Waals surface area contributed by atoms with Gasteiger partial charge >= 0.3 is 0 Å². The average Bonchev–Trinajstić information content (AvgIpc) is 2.57. The summed E-state index contributed by atoms with van der Waals surface area (Å²) in [6.07, 6.45) is 2.87. The molecule has 1 heterocycles. The van der Waals surface area contributed by atoms with Crippen LogP contribution in [0.5, 0.6) is 0 Å². The van der Waals surface area contributed by atoms with Crippen molar-refractivity contribution in [1.82, 2.24) is 15.5 Å². The Morgan fingerprint density at radius 2 is 2.04 bits per heavy atom. The van der Waals surface area contributed by atoms with E-state index in [1.807, 2.05) is 6.07 Å². The quantitative estimate of drug-likeness (QED) is 0.348. The molecule has 1 aromatic rings. The molecule has 1 aliphatic rings. The number of aliphatic imine (C=N–C) groups is 1. The number of hydrogen-bond donors (Lipinski definition) is 2. The first-order valence-electron chi connectivity index (χ1n) is 8.64. The predicted octanol–water partition coefficient (Wildman–Crippen LogP) is 3.79. The Morgan fingerprint density at radius 1 is 1.36 bits per heavy atom. The van der Waals surface area contributed by atoms with Crippen LogP contribution in [0.3, 0.4) is 0 Å². The molecular formula is C18H29BrFIN4.